The van der Waals surface area contributed by atoms with Crippen molar-refractivity contribution in [3.05, 3.63) is 40.3 Å². The van der Waals surface area contributed by atoms with E-state index in [4.69, 9.17) is 4.74 Å². The van der Waals surface area contributed by atoms with E-state index in [1.54, 1.807) is 26.1 Å². The Morgan fingerprint density at radius 2 is 2.05 bits per heavy atom. The normalized spacial score (nSPS) is 10.5. The van der Waals surface area contributed by atoms with Crippen LogP contribution >= 0.6 is 0 Å². The summed E-state index contributed by atoms with van der Waals surface area (Å²) in [6, 6.07) is 3.62. The van der Waals surface area contributed by atoms with Crippen molar-refractivity contribution in [2.24, 2.45) is 0 Å². The largest absolute Gasteiger partial charge is 0.470 e. The molecule has 2 rings (SSSR count). The molecule has 2 aromatic heterocycles. The number of nitrogens with zero attached hydrogens (tertiary/aromatic N) is 4. The molecule has 0 aromatic carbocycles. The van der Waals surface area contributed by atoms with Crippen molar-refractivity contribution >= 4 is 17.3 Å². The van der Waals surface area contributed by atoms with Crippen LogP contribution in [0.3, 0.4) is 0 Å². The van der Waals surface area contributed by atoms with E-state index in [1.165, 1.54) is 6.33 Å². The monoisotopic (exact) mass is 289 g/mol. The van der Waals surface area contributed by atoms with Gasteiger partial charge in [0.05, 0.1) is 11.0 Å². The fourth-order valence-electron chi connectivity index (χ4n) is 1.66. The summed E-state index contributed by atoms with van der Waals surface area (Å²) in [5.41, 5.74) is 0.535. The van der Waals surface area contributed by atoms with Crippen molar-refractivity contribution in [3.8, 4) is 5.88 Å². The van der Waals surface area contributed by atoms with Gasteiger partial charge in [-0.1, -0.05) is 6.07 Å². The first-order valence-electron chi connectivity index (χ1n) is 6.33. The van der Waals surface area contributed by atoms with Gasteiger partial charge in [0.15, 0.2) is 0 Å². The number of aryl methyl sites for hydroxylation is 1. The third-order valence-electron chi connectivity index (χ3n) is 2.56. The van der Waals surface area contributed by atoms with Gasteiger partial charge in [-0.3, -0.25) is 10.1 Å². The van der Waals surface area contributed by atoms with E-state index in [0.29, 0.717) is 5.82 Å². The van der Waals surface area contributed by atoms with E-state index in [9.17, 15) is 10.1 Å². The number of hydrogen-bond donors (Lipinski definition) is 1. The van der Waals surface area contributed by atoms with Crippen molar-refractivity contribution in [2.75, 3.05) is 5.32 Å². The van der Waals surface area contributed by atoms with E-state index >= 15 is 0 Å². The first-order chi connectivity index (χ1) is 9.99. The van der Waals surface area contributed by atoms with Crippen molar-refractivity contribution in [1.29, 1.82) is 0 Å². The molecular formula is C13H15N5O3. The Morgan fingerprint density at radius 3 is 2.67 bits per heavy atom. The highest BCUT2D eigenvalue weighted by atomic mass is 16.6. The molecule has 110 valence electrons. The molecule has 1 N–H and O–H groups in total. The maximum atomic E-state index is 11.3. The number of ether oxygens (including phenoxy) is 1. The molecule has 0 aliphatic carbocycles. The highest BCUT2D eigenvalue weighted by Crippen LogP contribution is 2.33. The van der Waals surface area contributed by atoms with Crippen LogP contribution in [0.5, 0.6) is 5.88 Å². The molecule has 0 aliphatic heterocycles. The predicted molar refractivity (Wildman–Crippen MR) is 76.7 cm³/mol. The number of anilines is 2. The van der Waals surface area contributed by atoms with Gasteiger partial charge >= 0.3 is 5.69 Å². The van der Waals surface area contributed by atoms with E-state index in [-0.39, 0.29) is 23.5 Å². The minimum absolute atomic E-state index is 0.0486. The molecular weight excluding hydrogens is 274 g/mol. The third kappa shape index (κ3) is 3.41. The predicted octanol–water partition coefficient (Wildman–Crippen LogP) is 2.62. The SMILES string of the molecule is Cc1cccnc1Nc1ncnc(OC(C)C)c1[N+](=O)[O-]. The number of nitro groups is 1. The summed E-state index contributed by atoms with van der Waals surface area (Å²) in [6.45, 7) is 5.37. The molecule has 8 nitrogen and oxygen atoms in total. The van der Waals surface area contributed by atoms with Crippen molar-refractivity contribution in [1.82, 2.24) is 15.0 Å². The van der Waals surface area contributed by atoms with E-state index in [1.807, 2.05) is 13.0 Å². The Bertz CT molecular complexity index is 660. The molecule has 21 heavy (non-hydrogen) atoms. The van der Waals surface area contributed by atoms with Crippen molar-refractivity contribution in [3.63, 3.8) is 0 Å². The van der Waals surface area contributed by atoms with Gasteiger partial charge in [-0.2, -0.15) is 4.98 Å². The third-order valence-corrected chi connectivity index (χ3v) is 2.56. The fraction of sp³-hybridized carbons (Fsp3) is 0.308. The van der Waals surface area contributed by atoms with Gasteiger partial charge in [0.2, 0.25) is 5.82 Å². The number of rotatable bonds is 5. The van der Waals surface area contributed by atoms with Crippen molar-refractivity contribution in [2.45, 2.75) is 26.9 Å². The molecule has 0 radical (unpaired) electrons. The van der Waals surface area contributed by atoms with Crippen LogP contribution < -0.4 is 10.1 Å². The van der Waals surface area contributed by atoms with Gasteiger partial charge < -0.3 is 10.1 Å². The zero-order valence-corrected chi connectivity index (χ0v) is 11.9. The second-order valence-corrected chi connectivity index (χ2v) is 4.59. The second-order valence-electron chi connectivity index (χ2n) is 4.59. The van der Waals surface area contributed by atoms with Crippen molar-refractivity contribution < 1.29 is 9.66 Å². The molecule has 2 heterocycles. The number of nitrogens with one attached hydrogen (secondary N) is 1. The maximum absolute atomic E-state index is 11.3. The lowest BCUT2D eigenvalue weighted by molar-refractivity contribution is -0.385. The molecule has 0 aliphatic rings. The molecule has 0 bridgehead atoms. The lowest BCUT2D eigenvalue weighted by Crippen LogP contribution is -2.11. The summed E-state index contributed by atoms with van der Waals surface area (Å²) >= 11 is 0. The number of hydrogen-bond acceptors (Lipinski definition) is 7. The van der Waals surface area contributed by atoms with Gasteiger partial charge in [-0.05, 0) is 32.4 Å². The Labute approximate surface area is 121 Å². The summed E-state index contributed by atoms with van der Waals surface area (Å²) in [4.78, 5) is 22.6. The molecule has 0 spiro atoms. The molecule has 0 saturated carbocycles. The van der Waals surface area contributed by atoms with Crippen LogP contribution in [0, 0.1) is 17.0 Å². The average Bonchev–Trinajstić information content (AvgIpc) is 2.40. The molecule has 0 atom stereocenters. The highest BCUT2D eigenvalue weighted by Gasteiger charge is 2.25. The van der Waals surface area contributed by atoms with Gasteiger partial charge in [0.1, 0.15) is 12.1 Å². The Morgan fingerprint density at radius 1 is 1.29 bits per heavy atom. The van der Waals surface area contributed by atoms with Crippen LogP contribution in [-0.4, -0.2) is 26.0 Å². The van der Waals surface area contributed by atoms with Gasteiger partial charge in [0.25, 0.3) is 5.88 Å². The molecule has 0 unspecified atom stereocenters. The summed E-state index contributed by atoms with van der Waals surface area (Å²) < 4.78 is 5.36. The minimum Gasteiger partial charge on any atom is -0.470 e. The lowest BCUT2D eigenvalue weighted by Gasteiger charge is -2.11. The highest BCUT2D eigenvalue weighted by molar-refractivity contribution is 5.68. The quantitative estimate of drug-likeness (QED) is 0.666. The first kappa shape index (κ1) is 14.6. The molecule has 8 heteroatoms. The van der Waals surface area contributed by atoms with E-state index in [0.717, 1.165) is 5.56 Å². The summed E-state index contributed by atoms with van der Waals surface area (Å²) in [6.07, 6.45) is 2.57. The van der Waals surface area contributed by atoms with Crippen LogP contribution in [0.2, 0.25) is 0 Å². The minimum atomic E-state index is -0.571. The average molecular weight is 289 g/mol. The molecule has 0 saturated heterocycles. The zero-order chi connectivity index (χ0) is 15.4. The molecule has 0 fully saturated rings. The number of pyridine rings is 1. The van der Waals surface area contributed by atoms with E-state index in [2.05, 4.69) is 20.3 Å². The van der Waals surface area contributed by atoms with Crippen LogP contribution in [-0.2, 0) is 0 Å². The fourth-order valence-corrected chi connectivity index (χ4v) is 1.66. The van der Waals surface area contributed by atoms with Crippen LogP contribution in [0.1, 0.15) is 19.4 Å². The molecule has 0 amide bonds. The Hall–Kier alpha value is -2.77. The number of aromatic nitrogens is 3. The van der Waals surface area contributed by atoms with Crippen LogP contribution in [0.15, 0.2) is 24.7 Å². The molecule has 2 aromatic rings. The van der Waals surface area contributed by atoms with Crippen LogP contribution in [0.25, 0.3) is 0 Å². The van der Waals surface area contributed by atoms with E-state index < -0.39 is 4.92 Å². The summed E-state index contributed by atoms with van der Waals surface area (Å²) in [5, 5.41) is 14.1. The smallest absolute Gasteiger partial charge is 0.373 e. The Kier molecular flexibility index (Phi) is 4.27. The second kappa shape index (κ2) is 6.12. The van der Waals surface area contributed by atoms with Gasteiger partial charge in [-0.15, -0.1) is 0 Å². The first-order valence-corrected chi connectivity index (χ1v) is 6.33. The van der Waals surface area contributed by atoms with Gasteiger partial charge in [-0.25, -0.2) is 9.97 Å². The standard InChI is InChI=1S/C13H15N5O3/c1-8(2)21-13-10(18(19)20)12(15-7-16-13)17-11-9(3)5-4-6-14-11/h4-8H,1-3H3,(H,14,15,16,17). The zero-order valence-electron chi connectivity index (χ0n) is 11.9. The Balaban J connectivity index is 2.44. The van der Waals surface area contributed by atoms with Crippen LogP contribution in [0.4, 0.5) is 17.3 Å². The summed E-state index contributed by atoms with van der Waals surface area (Å²) in [5.74, 6) is 0.475. The maximum Gasteiger partial charge on any atom is 0.373 e. The van der Waals surface area contributed by atoms with Gasteiger partial charge in [0, 0.05) is 6.20 Å². The summed E-state index contributed by atoms with van der Waals surface area (Å²) in [7, 11) is 0. The lowest BCUT2D eigenvalue weighted by atomic mass is 10.3. The topological polar surface area (TPSA) is 103 Å².